The quantitative estimate of drug-likeness (QED) is 0.326. The summed E-state index contributed by atoms with van der Waals surface area (Å²) in [6.07, 6.45) is 12.4. The van der Waals surface area contributed by atoms with Crippen molar-refractivity contribution >= 4 is 17.3 Å². The maximum absolute atomic E-state index is 12.4. The van der Waals surface area contributed by atoms with Crippen LogP contribution in [0.1, 0.15) is 86.6 Å². The molecule has 0 aliphatic heterocycles. The summed E-state index contributed by atoms with van der Waals surface area (Å²) < 4.78 is 5.52. The molecule has 0 radical (unpaired) electrons. The fraction of sp³-hybridized carbons (Fsp3) is 0.519. The maximum Gasteiger partial charge on any atom is 0.343 e. The molecule has 4 rings (SSSR count). The van der Waals surface area contributed by atoms with E-state index in [0.717, 1.165) is 17.8 Å². The van der Waals surface area contributed by atoms with Gasteiger partial charge in [-0.1, -0.05) is 38.3 Å². The molecule has 4 N–H and O–H groups in total. The lowest BCUT2D eigenvalue weighted by Crippen LogP contribution is -2.25. The van der Waals surface area contributed by atoms with Gasteiger partial charge in [0.05, 0.1) is 5.56 Å². The van der Waals surface area contributed by atoms with Crippen molar-refractivity contribution in [2.45, 2.75) is 70.6 Å². The Hall–Kier alpha value is -2.49. The van der Waals surface area contributed by atoms with Crippen LogP contribution in [0, 0.1) is 17.8 Å². The zero-order valence-electron chi connectivity index (χ0n) is 18.7. The highest BCUT2D eigenvalue weighted by molar-refractivity contribution is 5.93. The molecule has 4 nitrogen and oxygen atoms in total. The summed E-state index contributed by atoms with van der Waals surface area (Å²) in [5.41, 5.74) is 14.2. The standard InChI is InChI=1S/C27H36N2O2/c1-2-18-3-5-19(6-4-18)20-7-9-21(10-8-20)22-11-13-26(14-12-22)31-27(30)23-15-24(28)17-25(29)16-23/h11-21H,2-10,28-29H2,1H3. The van der Waals surface area contributed by atoms with Gasteiger partial charge < -0.3 is 16.2 Å². The van der Waals surface area contributed by atoms with Crippen LogP contribution in [0.3, 0.4) is 0 Å². The van der Waals surface area contributed by atoms with Crippen LogP contribution in [0.4, 0.5) is 11.4 Å². The van der Waals surface area contributed by atoms with Crippen LogP contribution < -0.4 is 16.2 Å². The summed E-state index contributed by atoms with van der Waals surface area (Å²) in [7, 11) is 0. The number of ether oxygens (including phenoxy) is 1. The molecule has 0 heterocycles. The van der Waals surface area contributed by atoms with Gasteiger partial charge in [0.15, 0.2) is 0 Å². The second-order valence-corrected chi connectivity index (χ2v) is 9.65. The molecule has 4 heteroatoms. The van der Waals surface area contributed by atoms with Crippen molar-refractivity contribution in [2.24, 2.45) is 17.8 Å². The molecule has 0 aromatic heterocycles. The lowest BCUT2D eigenvalue weighted by Gasteiger charge is -2.38. The molecule has 2 aromatic rings. The van der Waals surface area contributed by atoms with E-state index in [0.29, 0.717) is 28.6 Å². The van der Waals surface area contributed by atoms with Gasteiger partial charge in [0.1, 0.15) is 5.75 Å². The van der Waals surface area contributed by atoms with Gasteiger partial charge in [-0.25, -0.2) is 4.79 Å². The van der Waals surface area contributed by atoms with E-state index in [2.05, 4.69) is 19.1 Å². The molecule has 2 saturated carbocycles. The molecule has 0 bridgehead atoms. The molecule has 2 fully saturated rings. The number of hydrogen-bond donors (Lipinski definition) is 2. The first-order chi connectivity index (χ1) is 15.0. The van der Waals surface area contributed by atoms with Crippen molar-refractivity contribution in [2.75, 3.05) is 11.5 Å². The van der Waals surface area contributed by atoms with Gasteiger partial charge in [0.2, 0.25) is 0 Å². The highest BCUT2D eigenvalue weighted by Gasteiger charge is 2.30. The number of nitrogens with two attached hydrogens (primary N) is 2. The molecular formula is C27H36N2O2. The smallest absolute Gasteiger partial charge is 0.343 e. The van der Waals surface area contributed by atoms with Gasteiger partial charge in [-0.15, -0.1) is 0 Å². The van der Waals surface area contributed by atoms with Crippen LogP contribution in [0.25, 0.3) is 0 Å². The van der Waals surface area contributed by atoms with E-state index in [1.54, 1.807) is 18.2 Å². The van der Waals surface area contributed by atoms with Crippen molar-refractivity contribution in [1.29, 1.82) is 0 Å². The van der Waals surface area contributed by atoms with Crippen molar-refractivity contribution in [3.8, 4) is 5.75 Å². The lowest BCUT2D eigenvalue weighted by atomic mass is 9.68. The van der Waals surface area contributed by atoms with Gasteiger partial charge >= 0.3 is 5.97 Å². The highest BCUT2D eigenvalue weighted by atomic mass is 16.5. The Balaban J connectivity index is 1.29. The van der Waals surface area contributed by atoms with E-state index in [9.17, 15) is 4.79 Å². The van der Waals surface area contributed by atoms with Crippen LogP contribution in [-0.4, -0.2) is 5.97 Å². The van der Waals surface area contributed by atoms with E-state index < -0.39 is 5.97 Å². The minimum atomic E-state index is -0.440. The van der Waals surface area contributed by atoms with Gasteiger partial charge in [0, 0.05) is 11.4 Å². The topological polar surface area (TPSA) is 78.3 Å². The Bertz CT molecular complexity index is 856. The first-order valence-corrected chi connectivity index (χ1v) is 12.0. The van der Waals surface area contributed by atoms with E-state index in [1.165, 1.54) is 63.4 Å². The van der Waals surface area contributed by atoms with Crippen molar-refractivity contribution in [3.63, 3.8) is 0 Å². The molecule has 166 valence electrons. The molecular weight excluding hydrogens is 384 g/mol. The molecule has 0 atom stereocenters. The van der Waals surface area contributed by atoms with Crippen LogP contribution >= 0.6 is 0 Å². The molecule has 0 saturated heterocycles. The van der Waals surface area contributed by atoms with E-state index in [4.69, 9.17) is 16.2 Å². The molecule has 31 heavy (non-hydrogen) atoms. The van der Waals surface area contributed by atoms with E-state index >= 15 is 0 Å². The third-order valence-electron chi connectivity index (χ3n) is 7.68. The predicted octanol–water partition coefficient (Wildman–Crippen LogP) is 6.56. The van der Waals surface area contributed by atoms with E-state index in [-0.39, 0.29) is 0 Å². The lowest BCUT2D eigenvalue weighted by molar-refractivity contribution is 0.0735. The van der Waals surface area contributed by atoms with Crippen LogP contribution in [0.15, 0.2) is 42.5 Å². The Kier molecular flexibility index (Phi) is 6.84. The molecule has 0 spiro atoms. The number of esters is 1. The summed E-state index contributed by atoms with van der Waals surface area (Å²) in [6, 6.07) is 12.8. The predicted molar refractivity (Wildman–Crippen MR) is 127 cm³/mol. The summed E-state index contributed by atoms with van der Waals surface area (Å²) in [4.78, 5) is 12.4. The fourth-order valence-electron chi connectivity index (χ4n) is 5.76. The largest absolute Gasteiger partial charge is 0.423 e. The zero-order chi connectivity index (χ0) is 21.8. The number of anilines is 2. The number of rotatable bonds is 5. The van der Waals surface area contributed by atoms with Gasteiger partial charge in [0.25, 0.3) is 0 Å². The zero-order valence-corrected chi connectivity index (χ0v) is 18.7. The Morgan fingerprint density at radius 1 is 0.839 bits per heavy atom. The summed E-state index contributed by atoms with van der Waals surface area (Å²) >= 11 is 0. The number of nitrogen functional groups attached to an aromatic ring is 2. The second-order valence-electron chi connectivity index (χ2n) is 9.65. The normalized spacial score (nSPS) is 26.4. The van der Waals surface area contributed by atoms with Gasteiger partial charge in [-0.05, 0) is 98.1 Å². The van der Waals surface area contributed by atoms with E-state index in [1.807, 2.05) is 12.1 Å². The average Bonchev–Trinajstić information content (AvgIpc) is 2.79. The Morgan fingerprint density at radius 3 is 1.94 bits per heavy atom. The first-order valence-electron chi connectivity index (χ1n) is 12.0. The molecule has 2 aliphatic carbocycles. The minimum absolute atomic E-state index is 0.368. The molecule has 2 aliphatic rings. The Labute approximate surface area is 186 Å². The Morgan fingerprint density at radius 2 is 1.39 bits per heavy atom. The fourth-order valence-corrected chi connectivity index (χ4v) is 5.76. The van der Waals surface area contributed by atoms with Crippen molar-refractivity contribution in [3.05, 3.63) is 53.6 Å². The molecule has 0 unspecified atom stereocenters. The van der Waals surface area contributed by atoms with Crippen LogP contribution in [0.5, 0.6) is 5.75 Å². The van der Waals surface area contributed by atoms with Crippen molar-refractivity contribution < 1.29 is 9.53 Å². The van der Waals surface area contributed by atoms with Crippen LogP contribution in [0.2, 0.25) is 0 Å². The monoisotopic (exact) mass is 420 g/mol. The number of hydrogen-bond acceptors (Lipinski definition) is 4. The number of benzene rings is 2. The number of carbonyl (C=O) groups is 1. The third-order valence-corrected chi connectivity index (χ3v) is 7.68. The van der Waals surface area contributed by atoms with Gasteiger partial charge in [-0.2, -0.15) is 0 Å². The van der Waals surface area contributed by atoms with Crippen molar-refractivity contribution in [1.82, 2.24) is 0 Å². The minimum Gasteiger partial charge on any atom is -0.423 e. The highest BCUT2D eigenvalue weighted by Crippen LogP contribution is 2.44. The second kappa shape index (κ2) is 9.76. The third kappa shape index (κ3) is 5.41. The van der Waals surface area contributed by atoms with Gasteiger partial charge in [-0.3, -0.25) is 0 Å². The van der Waals surface area contributed by atoms with Crippen LogP contribution in [-0.2, 0) is 0 Å². The molecule has 2 aromatic carbocycles. The summed E-state index contributed by atoms with van der Waals surface area (Å²) in [5, 5.41) is 0. The molecule has 0 amide bonds. The summed E-state index contributed by atoms with van der Waals surface area (Å²) in [6.45, 7) is 2.34. The first kappa shape index (κ1) is 21.7. The SMILES string of the molecule is CCC1CCC(C2CCC(c3ccc(OC(=O)c4cc(N)cc(N)c4)cc3)CC2)CC1. The summed E-state index contributed by atoms with van der Waals surface area (Å²) in [5.74, 6) is 3.62. The number of carbonyl (C=O) groups excluding carboxylic acids is 1. The average molecular weight is 421 g/mol. The maximum atomic E-state index is 12.4.